The van der Waals surface area contributed by atoms with E-state index in [0.717, 1.165) is 43.1 Å². The van der Waals surface area contributed by atoms with Crippen LogP contribution in [0.2, 0.25) is 0 Å². The average Bonchev–Trinajstić information content (AvgIpc) is 3.21. The molecule has 0 amide bonds. The summed E-state index contributed by atoms with van der Waals surface area (Å²) >= 11 is 0. The summed E-state index contributed by atoms with van der Waals surface area (Å²) in [6.07, 6.45) is 0. The smallest absolute Gasteiger partial charge is 0.278 e. The van der Waals surface area contributed by atoms with Gasteiger partial charge in [0.05, 0.1) is 0 Å². The van der Waals surface area contributed by atoms with Crippen LogP contribution in [0, 0.1) is 12.0 Å². The van der Waals surface area contributed by atoms with E-state index >= 15 is 0 Å². The predicted octanol–water partition coefficient (Wildman–Crippen LogP) is 6.92. The lowest BCUT2D eigenvalue weighted by molar-refractivity contribution is 0.381. The Labute approximate surface area is 145 Å². The topological polar surface area (TPSA) is 26.3 Å². The van der Waals surface area contributed by atoms with E-state index in [2.05, 4.69) is 0 Å². The summed E-state index contributed by atoms with van der Waals surface area (Å²) in [5, 5.41) is 7.23. The van der Waals surface area contributed by atoms with Crippen LogP contribution >= 0.6 is 0 Å². The highest BCUT2D eigenvalue weighted by molar-refractivity contribution is 6.23. The van der Waals surface area contributed by atoms with E-state index in [-0.39, 0.29) is 0 Å². The molecule has 0 N–H and O–H groups in total. The van der Waals surface area contributed by atoms with Gasteiger partial charge < -0.3 is 8.83 Å². The highest BCUT2D eigenvalue weighted by atomic mass is 19.1. The van der Waals surface area contributed by atoms with Crippen LogP contribution in [0.3, 0.4) is 0 Å². The molecule has 4 aromatic carbocycles. The maximum absolute atomic E-state index is 13.5. The van der Waals surface area contributed by atoms with Gasteiger partial charge in [-0.15, -0.1) is 0 Å². The Hall–Kier alpha value is -3.40. The second-order valence-electron chi connectivity index (χ2n) is 6.49. The van der Waals surface area contributed by atoms with Crippen molar-refractivity contribution in [1.82, 2.24) is 0 Å². The molecule has 0 aliphatic heterocycles. The van der Waals surface area contributed by atoms with Crippen LogP contribution in [0.25, 0.3) is 54.3 Å². The molecule has 0 aliphatic rings. The second-order valence-corrected chi connectivity index (χ2v) is 6.49. The van der Waals surface area contributed by atoms with Crippen LogP contribution in [0.1, 0.15) is 0 Å². The van der Waals surface area contributed by atoms with Gasteiger partial charge in [-0.25, -0.2) is 0 Å². The highest BCUT2D eigenvalue weighted by Crippen LogP contribution is 2.37. The number of hydrogen-bond donors (Lipinski definition) is 0. The van der Waals surface area contributed by atoms with E-state index in [0.29, 0.717) is 11.2 Å². The number of fused-ring (bicyclic) bond motifs is 9. The Morgan fingerprint density at radius 2 is 0.808 bits per heavy atom. The minimum atomic E-state index is -0.589. The fraction of sp³-hybridized carbons (Fsp3) is 0. The third kappa shape index (κ3) is 1.68. The van der Waals surface area contributed by atoms with Crippen molar-refractivity contribution in [1.29, 1.82) is 0 Å². The van der Waals surface area contributed by atoms with E-state index in [9.17, 15) is 8.78 Å². The number of halogens is 2. The zero-order valence-corrected chi connectivity index (χ0v) is 13.3. The van der Waals surface area contributed by atoms with Crippen LogP contribution in [0.15, 0.2) is 69.5 Å². The van der Waals surface area contributed by atoms with Crippen molar-refractivity contribution >= 4 is 54.3 Å². The third-order valence-corrected chi connectivity index (χ3v) is 5.09. The normalized spacial score (nSPS) is 12.2. The zero-order valence-electron chi connectivity index (χ0n) is 13.3. The molecule has 6 aromatic rings. The lowest BCUT2D eigenvalue weighted by Crippen LogP contribution is -1.82. The molecular weight excluding hydrogens is 334 g/mol. The van der Waals surface area contributed by atoms with Crippen molar-refractivity contribution in [3.63, 3.8) is 0 Å². The summed E-state index contributed by atoms with van der Waals surface area (Å²) in [6.45, 7) is 0. The van der Waals surface area contributed by atoms with Crippen LogP contribution in [-0.2, 0) is 0 Å². The predicted molar refractivity (Wildman–Crippen MR) is 98.4 cm³/mol. The molecular formula is C22H10F2O2. The van der Waals surface area contributed by atoms with Gasteiger partial charge in [0.15, 0.2) is 0 Å². The molecule has 2 nitrogen and oxygen atoms in total. The van der Waals surface area contributed by atoms with Gasteiger partial charge >= 0.3 is 0 Å². The lowest BCUT2D eigenvalue weighted by atomic mass is 9.96. The van der Waals surface area contributed by atoms with Crippen LogP contribution in [0.4, 0.5) is 8.78 Å². The van der Waals surface area contributed by atoms with E-state index in [1.54, 1.807) is 0 Å². The molecule has 6 rings (SSSR count). The Morgan fingerprint density at radius 1 is 0.462 bits per heavy atom. The summed E-state index contributed by atoms with van der Waals surface area (Å²) in [5.41, 5.74) is 1.09. The molecule has 0 bridgehead atoms. The van der Waals surface area contributed by atoms with Gasteiger partial charge in [-0.3, -0.25) is 0 Å². The molecule has 0 fully saturated rings. The quantitative estimate of drug-likeness (QED) is 0.280. The molecule has 124 valence electrons. The zero-order chi connectivity index (χ0) is 17.4. The van der Waals surface area contributed by atoms with Gasteiger partial charge in [0.25, 0.3) is 12.0 Å². The first-order valence-electron chi connectivity index (χ1n) is 8.24. The molecule has 0 radical (unpaired) electrons. The van der Waals surface area contributed by atoms with Crippen molar-refractivity contribution in [2.24, 2.45) is 0 Å². The van der Waals surface area contributed by atoms with Gasteiger partial charge in [0.1, 0.15) is 11.2 Å². The summed E-state index contributed by atoms with van der Waals surface area (Å²) in [5.74, 6) is 0. The van der Waals surface area contributed by atoms with Crippen molar-refractivity contribution < 1.29 is 17.6 Å². The van der Waals surface area contributed by atoms with E-state index in [4.69, 9.17) is 8.83 Å². The first-order valence-corrected chi connectivity index (χ1v) is 8.24. The largest absolute Gasteiger partial charge is 0.430 e. The molecule has 0 saturated heterocycles. The van der Waals surface area contributed by atoms with E-state index in [1.807, 2.05) is 48.5 Å². The number of benzene rings is 4. The maximum Gasteiger partial charge on any atom is 0.278 e. The Bertz CT molecular complexity index is 1390. The van der Waals surface area contributed by atoms with Crippen molar-refractivity contribution in [2.45, 2.75) is 0 Å². The molecule has 2 aromatic heterocycles. The molecule has 26 heavy (non-hydrogen) atoms. The van der Waals surface area contributed by atoms with Gasteiger partial charge in [-0.2, -0.15) is 8.78 Å². The fourth-order valence-corrected chi connectivity index (χ4v) is 3.97. The molecule has 0 spiro atoms. The van der Waals surface area contributed by atoms with Crippen molar-refractivity contribution in [3.8, 4) is 0 Å². The van der Waals surface area contributed by atoms with E-state index in [1.165, 1.54) is 12.1 Å². The van der Waals surface area contributed by atoms with Gasteiger partial charge in [0.2, 0.25) is 0 Å². The minimum Gasteiger partial charge on any atom is -0.430 e. The summed E-state index contributed by atoms with van der Waals surface area (Å²) in [7, 11) is 0. The molecule has 4 heteroatoms. The SMILES string of the molecule is Fc1cc2ccc3c4ccc5c(ccc6cc(F)oc65)c4ccc3c2o1. The number of hydrogen-bond acceptors (Lipinski definition) is 2. The monoisotopic (exact) mass is 344 g/mol. The van der Waals surface area contributed by atoms with Gasteiger partial charge in [-0.05, 0) is 33.7 Å². The minimum absolute atomic E-state index is 0.547. The summed E-state index contributed by atoms with van der Waals surface area (Å²) in [6, 6.07) is 17.1. The van der Waals surface area contributed by atoms with Gasteiger partial charge in [-0.1, -0.05) is 36.4 Å². The average molecular weight is 344 g/mol. The number of furan rings is 2. The highest BCUT2D eigenvalue weighted by Gasteiger charge is 2.13. The first kappa shape index (κ1) is 13.8. The Kier molecular flexibility index (Phi) is 2.45. The fourth-order valence-electron chi connectivity index (χ4n) is 3.97. The van der Waals surface area contributed by atoms with Crippen LogP contribution in [0.5, 0.6) is 0 Å². The van der Waals surface area contributed by atoms with Gasteiger partial charge in [0, 0.05) is 33.7 Å². The first-order chi connectivity index (χ1) is 12.7. The summed E-state index contributed by atoms with van der Waals surface area (Å²) < 4.78 is 37.5. The number of rotatable bonds is 0. The Morgan fingerprint density at radius 3 is 1.27 bits per heavy atom. The second kappa shape index (κ2) is 4.61. The third-order valence-electron chi connectivity index (χ3n) is 5.09. The molecule has 0 saturated carbocycles. The van der Waals surface area contributed by atoms with Crippen molar-refractivity contribution in [3.05, 3.63) is 72.7 Å². The van der Waals surface area contributed by atoms with Crippen LogP contribution in [-0.4, -0.2) is 0 Å². The molecule has 0 aliphatic carbocycles. The molecule has 0 atom stereocenters. The van der Waals surface area contributed by atoms with Crippen LogP contribution < -0.4 is 0 Å². The Balaban J connectivity index is 1.81. The maximum atomic E-state index is 13.5. The molecule has 2 heterocycles. The summed E-state index contributed by atoms with van der Waals surface area (Å²) in [4.78, 5) is 0. The van der Waals surface area contributed by atoms with Crippen molar-refractivity contribution in [2.75, 3.05) is 0 Å². The lowest BCUT2D eigenvalue weighted by Gasteiger charge is -2.08. The standard InChI is InChI=1S/C22H10F2O2/c23-19-9-11-1-3-15-13-5-8-18-16(4-2-12-10-20(24)26-22(12)18)14(13)6-7-17(15)21(11)25-19/h1-10H. The van der Waals surface area contributed by atoms with E-state index < -0.39 is 12.0 Å². The molecule has 0 unspecified atom stereocenters.